The normalized spacial score (nSPS) is 11.3. The van der Waals surface area contributed by atoms with Crippen molar-refractivity contribution in [2.24, 2.45) is 5.10 Å². The van der Waals surface area contributed by atoms with E-state index in [1.54, 1.807) is 26.8 Å². The summed E-state index contributed by atoms with van der Waals surface area (Å²) >= 11 is 0. The molecule has 7 nitrogen and oxygen atoms in total. The Labute approximate surface area is 110 Å². The molecule has 7 heteroatoms. The minimum Gasteiger partial charge on any atom is -0.443 e. The van der Waals surface area contributed by atoms with Crippen molar-refractivity contribution in [3.63, 3.8) is 0 Å². The number of carbonyl (C=O) groups is 1. The van der Waals surface area contributed by atoms with E-state index in [9.17, 15) is 14.9 Å². The summed E-state index contributed by atoms with van der Waals surface area (Å²) in [6.07, 6.45) is 0.617. The predicted octanol–water partition coefficient (Wildman–Crippen LogP) is 2.45. The molecule has 0 aliphatic carbocycles. The van der Waals surface area contributed by atoms with E-state index < -0.39 is 16.6 Å². The number of benzene rings is 1. The predicted molar refractivity (Wildman–Crippen MR) is 70.1 cm³/mol. The summed E-state index contributed by atoms with van der Waals surface area (Å²) in [6, 6.07) is 5.89. The molecule has 0 saturated heterocycles. The number of hydrogen-bond donors (Lipinski definition) is 1. The highest BCUT2D eigenvalue weighted by Gasteiger charge is 2.15. The Bertz CT molecular complexity index is 506. The molecule has 1 N–H and O–H groups in total. The Hall–Kier alpha value is -2.44. The lowest BCUT2D eigenvalue weighted by Crippen LogP contribution is -2.29. The van der Waals surface area contributed by atoms with Gasteiger partial charge in [-0.05, 0) is 20.8 Å². The largest absolute Gasteiger partial charge is 0.443 e. The van der Waals surface area contributed by atoms with Gasteiger partial charge in [0.1, 0.15) is 5.60 Å². The van der Waals surface area contributed by atoms with Crippen molar-refractivity contribution in [1.82, 2.24) is 5.43 Å². The van der Waals surface area contributed by atoms with Gasteiger partial charge in [-0.2, -0.15) is 5.10 Å². The first-order chi connectivity index (χ1) is 8.78. The van der Waals surface area contributed by atoms with Crippen molar-refractivity contribution in [3.8, 4) is 0 Å². The maximum Gasteiger partial charge on any atom is 0.428 e. The van der Waals surface area contributed by atoms with Crippen LogP contribution in [0, 0.1) is 10.1 Å². The lowest BCUT2D eigenvalue weighted by Gasteiger charge is -2.18. The van der Waals surface area contributed by atoms with Crippen LogP contribution in [-0.4, -0.2) is 22.8 Å². The van der Waals surface area contributed by atoms with E-state index in [1.165, 1.54) is 24.4 Å². The molecule has 1 aromatic rings. The van der Waals surface area contributed by atoms with Crippen LogP contribution in [0.4, 0.5) is 10.5 Å². The highest BCUT2D eigenvalue weighted by molar-refractivity contribution is 5.81. The molecule has 0 unspecified atom stereocenters. The smallest absolute Gasteiger partial charge is 0.428 e. The fraction of sp³-hybridized carbons (Fsp3) is 0.333. The molecule has 0 radical (unpaired) electrons. The third-order valence-electron chi connectivity index (χ3n) is 1.85. The molecular formula is C12H15N3O4. The number of nitrogens with zero attached hydrogens (tertiary/aromatic N) is 2. The summed E-state index contributed by atoms with van der Waals surface area (Å²) in [6.45, 7) is 5.20. The van der Waals surface area contributed by atoms with E-state index in [4.69, 9.17) is 4.74 Å². The number of amides is 1. The first-order valence-corrected chi connectivity index (χ1v) is 5.54. The molecule has 0 saturated carbocycles. The molecule has 0 aromatic heterocycles. The van der Waals surface area contributed by atoms with Crippen molar-refractivity contribution in [2.45, 2.75) is 26.4 Å². The number of nitro groups is 1. The first-order valence-electron chi connectivity index (χ1n) is 5.54. The summed E-state index contributed by atoms with van der Waals surface area (Å²) in [5.74, 6) is 0. The molecule has 0 bridgehead atoms. The van der Waals surface area contributed by atoms with Gasteiger partial charge in [0, 0.05) is 17.7 Å². The fourth-order valence-corrected chi connectivity index (χ4v) is 1.18. The van der Waals surface area contributed by atoms with Gasteiger partial charge in [-0.3, -0.25) is 10.1 Å². The topological polar surface area (TPSA) is 93.8 Å². The van der Waals surface area contributed by atoms with Gasteiger partial charge >= 0.3 is 6.09 Å². The molecule has 0 aliphatic heterocycles. The van der Waals surface area contributed by atoms with E-state index in [0.717, 1.165) is 0 Å². The second-order valence-electron chi connectivity index (χ2n) is 4.72. The van der Waals surface area contributed by atoms with Gasteiger partial charge in [0.2, 0.25) is 0 Å². The Morgan fingerprint density at radius 3 is 2.74 bits per heavy atom. The third-order valence-corrected chi connectivity index (χ3v) is 1.85. The van der Waals surface area contributed by atoms with Crippen molar-refractivity contribution in [1.29, 1.82) is 0 Å². The first kappa shape index (κ1) is 14.6. The number of rotatable bonds is 3. The second kappa shape index (κ2) is 5.94. The fourth-order valence-electron chi connectivity index (χ4n) is 1.18. The maximum atomic E-state index is 11.3. The zero-order chi connectivity index (χ0) is 14.5. The molecule has 1 aromatic carbocycles. The van der Waals surface area contributed by atoms with Gasteiger partial charge in [0.25, 0.3) is 5.69 Å². The average Bonchev–Trinajstić information content (AvgIpc) is 2.27. The highest BCUT2D eigenvalue weighted by atomic mass is 16.6. The Morgan fingerprint density at radius 1 is 1.47 bits per heavy atom. The number of hydrogen-bond acceptors (Lipinski definition) is 5. The molecule has 1 amide bonds. The molecule has 0 fully saturated rings. The quantitative estimate of drug-likeness (QED) is 0.516. The summed E-state index contributed by atoms with van der Waals surface area (Å²) in [7, 11) is 0. The third kappa shape index (κ3) is 5.62. The Kier molecular flexibility index (Phi) is 4.57. The van der Waals surface area contributed by atoms with Crippen molar-refractivity contribution >= 4 is 18.0 Å². The van der Waals surface area contributed by atoms with E-state index in [0.29, 0.717) is 5.56 Å². The number of nitro benzene ring substituents is 1. The summed E-state index contributed by atoms with van der Waals surface area (Å²) in [5, 5.41) is 14.2. The number of hydrazone groups is 1. The molecule has 1 rings (SSSR count). The van der Waals surface area contributed by atoms with E-state index in [1.807, 2.05) is 0 Å². The summed E-state index contributed by atoms with van der Waals surface area (Å²) < 4.78 is 4.97. The molecule has 102 valence electrons. The van der Waals surface area contributed by atoms with Crippen LogP contribution >= 0.6 is 0 Å². The lowest BCUT2D eigenvalue weighted by molar-refractivity contribution is -0.384. The number of carbonyl (C=O) groups excluding carboxylic acids is 1. The molecule has 0 spiro atoms. The van der Waals surface area contributed by atoms with Crippen molar-refractivity contribution in [3.05, 3.63) is 39.9 Å². The zero-order valence-electron chi connectivity index (χ0n) is 10.9. The van der Waals surface area contributed by atoms with Crippen LogP contribution < -0.4 is 5.43 Å². The number of nitrogens with one attached hydrogen (secondary N) is 1. The van der Waals surface area contributed by atoms with Crippen molar-refractivity contribution < 1.29 is 14.5 Å². The minimum atomic E-state index is -0.686. The van der Waals surface area contributed by atoms with Gasteiger partial charge in [0.15, 0.2) is 0 Å². The van der Waals surface area contributed by atoms with Gasteiger partial charge in [-0.15, -0.1) is 0 Å². The van der Waals surface area contributed by atoms with Crippen LogP contribution in [-0.2, 0) is 4.74 Å². The number of ether oxygens (including phenoxy) is 1. The van der Waals surface area contributed by atoms with Crippen LogP contribution in [0.25, 0.3) is 0 Å². The molecule has 0 atom stereocenters. The van der Waals surface area contributed by atoms with Gasteiger partial charge in [-0.1, -0.05) is 12.1 Å². The highest BCUT2D eigenvalue weighted by Crippen LogP contribution is 2.11. The van der Waals surface area contributed by atoms with Gasteiger partial charge in [0.05, 0.1) is 11.1 Å². The minimum absolute atomic E-state index is 0.0405. The van der Waals surface area contributed by atoms with Gasteiger partial charge < -0.3 is 4.74 Å². The Morgan fingerprint density at radius 2 is 2.16 bits per heavy atom. The number of non-ortho nitro benzene ring substituents is 1. The molecule has 0 heterocycles. The SMILES string of the molecule is CC(C)(C)OC(=O)N/N=C\c1cccc([N+](=O)[O-])c1. The monoisotopic (exact) mass is 265 g/mol. The second-order valence-corrected chi connectivity index (χ2v) is 4.72. The lowest BCUT2D eigenvalue weighted by atomic mass is 10.2. The van der Waals surface area contributed by atoms with Crippen LogP contribution in [0.1, 0.15) is 26.3 Å². The maximum absolute atomic E-state index is 11.3. The standard InChI is InChI=1S/C12H15N3O4/c1-12(2,3)19-11(16)14-13-8-9-5-4-6-10(7-9)15(17)18/h4-8H,1-3H3,(H,14,16)/b13-8-. The van der Waals surface area contributed by atoms with Gasteiger partial charge in [-0.25, -0.2) is 10.2 Å². The average molecular weight is 265 g/mol. The summed E-state index contributed by atoms with van der Waals surface area (Å²) in [5.41, 5.74) is 2.03. The van der Waals surface area contributed by atoms with Crippen LogP contribution in [0.2, 0.25) is 0 Å². The Balaban J connectivity index is 2.60. The van der Waals surface area contributed by atoms with E-state index in [2.05, 4.69) is 10.5 Å². The van der Waals surface area contributed by atoms with Crippen LogP contribution in [0.5, 0.6) is 0 Å². The van der Waals surface area contributed by atoms with E-state index in [-0.39, 0.29) is 5.69 Å². The zero-order valence-corrected chi connectivity index (χ0v) is 10.9. The summed E-state index contributed by atoms with van der Waals surface area (Å²) in [4.78, 5) is 21.3. The van der Waals surface area contributed by atoms with Crippen molar-refractivity contribution in [2.75, 3.05) is 0 Å². The molecule has 0 aliphatic rings. The van der Waals surface area contributed by atoms with Crippen LogP contribution in [0.15, 0.2) is 29.4 Å². The van der Waals surface area contributed by atoms with E-state index >= 15 is 0 Å². The molecule has 19 heavy (non-hydrogen) atoms. The van der Waals surface area contributed by atoms with Crippen LogP contribution in [0.3, 0.4) is 0 Å². The molecular weight excluding hydrogens is 250 g/mol.